The van der Waals surface area contributed by atoms with Crippen molar-refractivity contribution in [3.8, 4) is 17.0 Å². The molecule has 9 nitrogen and oxygen atoms in total. The number of halogens is 3. The van der Waals surface area contributed by atoms with Crippen LogP contribution in [0.3, 0.4) is 0 Å². The van der Waals surface area contributed by atoms with Gasteiger partial charge in [-0.2, -0.15) is 5.01 Å². The summed E-state index contributed by atoms with van der Waals surface area (Å²) in [7, 11) is 2.85. The molecular formula is C24H24BrF2N5O4S. The number of carbonyl (C=O) groups excluding carboxylic acids is 1. The Morgan fingerprint density at radius 3 is 2.32 bits per heavy atom. The Bertz CT molecular complexity index is 1640. The minimum atomic E-state index is -0.873. The van der Waals surface area contributed by atoms with Crippen LogP contribution in [0.15, 0.2) is 37.8 Å². The first-order valence-corrected chi connectivity index (χ1v) is 12.7. The molecule has 196 valence electrons. The smallest absolute Gasteiger partial charge is 0.331 e. The first kappa shape index (κ1) is 26.7. The van der Waals surface area contributed by atoms with Crippen molar-refractivity contribution < 1.29 is 18.3 Å². The Morgan fingerprint density at radius 1 is 1.14 bits per heavy atom. The van der Waals surface area contributed by atoms with Crippen molar-refractivity contribution in [3.63, 3.8) is 0 Å². The van der Waals surface area contributed by atoms with Crippen LogP contribution in [0.2, 0.25) is 0 Å². The Balaban J connectivity index is 1.79. The highest BCUT2D eigenvalue weighted by molar-refractivity contribution is 9.10. The zero-order valence-electron chi connectivity index (χ0n) is 20.9. The topological polar surface area (TPSA) is 91.4 Å². The fourth-order valence-electron chi connectivity index (χ4n) is 3.70. The molecule has 0 bridgehead atoms. The maximum atomic E-state index is 14.7. The van der Waals surface area contributed by atoms with E-state index in [2.05, 4.69) is 20.9 Å². The van der Waals surface area contributed by atoms with Gasteiger partial charge in [-0.15, -0.1) is 11.3 Å². The van der Waals surface area contributed by atoms with E-state index in [4.69, 9.17) is 4.74 Å². The summed E-state index contributed by atoms with van der Waals surface area (Å²) in [5.74, 6) is -2.70. The van der Waals surface area contributed by atoms with Gasteiger partial charge in [0.25, 0.3) is 5.56 Å². The molecule has 1 aromatic carbocycles. The monoisotopic (exact) mass is 595 g/mol. The number of hydrogen-bond acceptors (Lipinski definition) is 6. The molecule has 0 atom stereocenters. The fraction of sp³-hybridized carbons (Fsp3) is 0.333. The van der Waals surface area contributed by atoms with E-state index in [1.807, 2.05) is 20.8 Å². The van der Waals surface area contributed by atoms with Gasteiger partial charge in [0.15, 0.2) is 22.9 Å². The van der Waals surface area contributed by atoms with Crippen LogP contribution < -0.4 is 21.0 Å². The number of anilines is 1. The van der Waals surface area contributed by atoms with Crippen LogP contribution in [0.25, 0.3) is 22.3 Å². The molecule has 0 saturated heterocycles. The molecule has 0 radical (unpaired) electrons. The summed E-state index contributed by atoms with van der Waals surface area (Å²) in [6, 6.07) is 2.23. The van der Waals surface area contributed by atoms with Crippen LogP contribution in [0.5, 0.6) is 5.75 Å². The highest BCUT2D eigenvalue weighted by atomic mass is 79.9. The van der Waals surface area contributed by atoms with Crippen LogP contribution in [0, 0.1) is 17.0 Å². The van der Waals surface area contributed by atoms with E-state index in [9.17, 15) is 23.2 Å². The van der Waals surface area contributed by atoms with E-state index in [1.165, 1.54) is 36.5 Å². The molecule has 0 unspecified atom stereocenters. The average molecular weight is 596 g/mol. The molecule has 3 aromatic heterocycles. The Labute approximate surface area is 222 Å². The van der Waals surface area contributed by atoms with E-state index < -0.39 is 34.5 Å². The molecule has 37 heavy (non-hydrogen) atoms. The molecule has 0 N–H and O–H groups in total. The molecule has 4 aromatic rings. The highest BCUT2D eigenvalue weighted by Crippen LogP contribution is 2.34. The van der Waals surface area contributed by atoms with Crippen molar-refractivity contribution in [2.45, 2.75) is 27.7 Å². The van der Waals surface area contributed by atoms with Gasteiger partial charge in [0.1, 0.15) is 0 Å². The maximum Gasteiger partial charge on any atom is 0.331 e. The summed E-state index contributed by atoms with van der Waals surface area (Å²) in [5, 5.41) is 2.85. The molecule has 0 spiro atoms. The number of ether oxygens (including phenoxy) is 1. The highest BCUT2D eigenvalue weighted by Gasteiger charge is 2.26. The van der Waals surface area contributed by atoms with E-state index in [0.717, 1.165) is 33.0 Å². The molecule has 0 fully saturated rings. The molecule has 3 heterocycles. The zero-order chi connectivity index (χ0) is 27.4. The van der Waals surface area contributed by atoms with Gasteiger partial charge < -0.3 is 4.74 Å². The predicted octanol–water partition coefficient (Wildman–Crippen LogP) is 4.44. The van der Waals surface area contributed by atoms with Crippen molar-refractivity contribution in [3.05, 3.63) is 60.7 Å². The molecule has 1 amide bonds. The first-order chi connectivity index (χ1) is 17.2. The Hall–Kier alpha value is -3.32. The lowest BCUT2D eigenvalue weighted by Crippen LogP contribution is -2.40. The van der Waals surface area contributed by atoms with Gasteiger partial charge in [0.05, 0.1) is 22.3 Å². The first-order valence-electron chi connectivity index (χ1n) is 11.1. The van der Waals surface area contributed by atoms with Crippen molar-refractivity contribution in [1.82, 2.24) is 18.8 Å². The van der Waals surface area contributed by atoms with Crippen LogP contribution >= 0.6 is 27.3 Å². The lowest BCUT2D eigenvalue weighted by atomic mass is 9.99. The molecule has 0 aliphatic carbocycles. The normalized spacial score (nSPS) is 11.8. The third kappa shape index (κ3) is 4.85. The molecular weight excluding hydrogens is 572 g/mol. The third-order valence-corrected chi connectivity index (χ3v) is 6.86. The standard InChI is InChI=1S/C24H24BrF2N5O4S/c1-12(33)32(31-9-14(25)18-19(31)21(34)30(6)23(35)29(18)5)22-28-17(10-37-22)13-7-15(26)20(16(27)8-13)36-11-24(2,3)4/h7-10H,11H2,1-6H3. The lowest BCUT2D eigenvalue weighted by Gasteiger charge is -2.20. The van der Waals surface area contributed by atoms with Gasteiger partial charge >= 0.3 is 5.69 Å². The largest absolute Gasteiger partial charge is 0.487 e. The predicted molar refractivity (Wildman–Crippen MR) is 141 cm³/mol. The maximum absolute atomic E-state index is 14.7. The van der Waals surface area contributed by atoms with Crippen LogP contribution in [-0.4, -0.2) is 31.3 Å². The third-order valence-electron chi connectivity index (χ3n) is 5.46. The number of rotatable bonds is 5. The van der Waals surface area contributed by atoms with Gasteiger partial charge in [0, 0.05) is 38.2 Å². The van der Waals surface area contributed by atoms with Crippen LogP contribution in [-0.2, 0) is 18.9 Å². The second-order valence-corrected chi connectivity index (χ2v) is 11.4. The number of nitrogens with zero attached hydrogens (tertiary/aromatic N) is 5. The second-order valence-electron chi connectivity index (χ2n) is 9.69. The Kier molecular flexibility index (Phi) is 6.88. The van der Waals surface area contributed by atoms with Gasteiger partial charge in [-0.25, -0.2) is 23.2 Å². The quantitative estimate of drug-likeness (QED) is 0.340. The van der Waals surface area contributed by atoms with Crippen molar-refractivity contribution in [1.29, 1.82) is 0 Å². The van der Waals surface area contributed by atoms with E-state index in [0.29, 0.717) is 9.99 Å². The van der Waals surface area contributed by atoms with Crippen molar-refractivity contribution in [2.24, 2.45) is 19.5 Å². The number of aromatic nitrogens is 4. The van der Waals surface area contributed by atoms with Crippen LogP contribution in [0.1, 0.15) is 27.7 Å². The van der Waals surface area contributed by atoms with E-state index in [1.54, 1.807) is 5.38 Å². The molecule has 0 aliphatic heterocycles. The molecule has 13 heteroatoms. The fourth-order valence-corrected chi connectivity index (χ4v) is 5.23. The molecule has 4 rings (SSSR count). The van der Waals surface area contributed by atoms with Crippen LogP contribution in [0.4, 0.5) is 13.9 Å². The van der Waals surface area contributed by atoms with Gasteiger partial charge in [-0.3, -0.25) is 18.7 Å². The summed E-state index contributed by atoms with van der Waals surface area (Å²) in [6.45, 7) is 7.07. The van der Waals surface area contributed by atoms with Crippen molar-refractivity contribution in [2.75, 3.05) is 11.6 Å². The minimum Gasteiger partial charge on any atom is -0.487 e. The summed E-state index contributed by atoms with van der Waals surface area (Å²) in [5.41, 5.74) is -0.680. The average Bonchev–Trinajstić information content (AvgIpc) is 3.40. The lowest BCUT2D eigenvalue weighted by molar-refractivity contribution is -0.117. The number of thiazole rings is 1. The molecule has 0 saturated carbocycles. The molecule has 0 aliphatic rings. The number of benzene rings is 1. The number of hydrogen-bond donors (Lipinski definition) is 0. The van der Waals surface area contributed by atoms with Gasteiger partial charge in [-0.05, 0) is 33.5 Å². The number of aryl methyl sites for hydroxylation is 1. The Morgan fingerprint density at radius 2 is 1.76 bits per heavy atom. The number of fused-ring (bicyclic) bond motifs is 1. The van der Waals surface area contributed by atoms with E-state index in [-0.39, 0.29) is 33.9 Å². The second kappa shape index (κ2) is 9.53. The minimum absolute atomic E-state index is 0.0702. The zero-order valence-corrected chi connectivity index (χ0v) is 23.3. The van der Waals surface area contributed by atoms with E-state index >= 15 is 0 Å². The SMILES string of the molecule is CC(=O)N(c1nc(-c2cc(F)c(OCC(C)(C)C)c(F)c2)cs1)n1cc(Br)c2c1c(=O)n(C)c(=O)n2C. The summed E-state index contributed by atoms with van der Waals surface area (Å²) in [6.07, 6.45) is 1.48. The summed E-state index contributed by atoms with van der Waals surface area (Å²) < 4.78 is 38.8. The number of amides is 1. The summed E-state index contributed by atoms with van der Waals surface area (Å²) >= 11 is 4.41. The van der Waals surface area contributed by atoms with Gasteiger partial charge in [0.2, 0.25) is 11.0 Å². The number of carbonyl (C=O) groups is 1. The summed E-state index contributed by atoms with van der Waals surface area (Å²) in [4.78, 5) is 42.6. The van der Waals surface area contributed by atoms with Gasteiger partial charge in [-0.1, -0.05) is 20.8 Å². The van der Waals surface area contributed by atoms with Crippen molar-refractivity contribution >= 4 is 49.3 Å².